The van der Waals surface area contributed by atoms with Crippen LogP contribution in [0.3, 0.4) is 0 Å². The molecule has 6 heteroatoms. The van der Waals surface area contributed by atoms with Crippen molar-refractivity contribution in [1.29, 1.82) is 0 Å². The Kier molecular flexibility index (Phi) is 4.32. The van der Waals surface area contributed by atoms with E-state index in [-0.39, 0.29) is 0 Å². The summed E-state index contributed by atoms with van der Waals surface area (Å²) in [6.45, 7) is 8.12. The molecule has 1 N–H and O–H groups in total. The third-order valence-corrected chi connectivity index (χ3v) is 4.54. The van der Waals surface area contributed by atoms with Crippen LogP contribution in [0.2, 0.25) is 5.02 Å². The molecule has 0 radical (unpaired) electrons. The number of nitrogens with one attached hydrogen (secondary N) is 1. The molecule has 136 valence electrons. The zero-order chi connectivity index (χ0) is 19.1. The molecule has 0 unspecified atom stereocenters. The zero-order valence-corrected chi connectivity index (χ0v) is 16.5. The minimum atomic E-state index is 0.631. The van der Waals surface area contributed by atoms with Crippen molar-refractivity contribution in [1.82, 2.24) is 19.7 Å². The van der Waals surface area contributed by atoms with E-state index in [1.54, 1.807) is 0 Å². The molecule has 2 heterocycles. The Labute approximate surface area is 163 Å². The molecule has 5 nitrogen and oxygen atoms in total. The highest BCUT2D eigenvalue weighted by atomic mass is 35.5. The van der Waals surface area contributed by atoms with Gasteiger partial charge in [-0.25, -0.2) is 14.6 Å². The van der Waals surface area contributed by atoms with Gasteiger partial charge < -0.3 is 5.32 Å². The number of anilines is 2. The van der Waals surface area contributed by atoms with E-state index in [9.17, 15) is 0 Å². The zero-order valence-electron chi connectivity index (χ0n) is 15.7. The summed E-state index contributed by atoms with van der Waals surface area (Å²) in [6, 6.07) is 13.9. The second kappa shape index (κ2) is 6.67. The SMILES string of the molecule is Cc1cc(C)cc(Nc2nc3ccc(Cl)cc3nc2-n2nc(C)cc2C)c1. The average molecular weight is 378 g/mol. The van der Waals surface area contributed by atoms with Gasteiger partial charge in [-0.15, -0.1) is 0 Å². The van der Waals surface area contributed by atoms with Crippen LogP contribution < -0.4 is 5.32 Å². The normalized spacial score (nSPS) is 11.1. The molecule has 2 aromatic carbocycles. The van der Waals surface area contributed by atoms with E-state index in [4.69, 9.17) is 21.6 Å². The fourth-order valence-electron chi connectivity index (χ4n) is 3.28. The van der Waals surface area contributed by atoms with Crippen molar-refractivity contribution in [2.24, 2.45) is 0 Å². The van der Waals surface area contributed by atoms with Crippen LogP contribution >= 0.6 is 11.6 Å². The summed E-state index contributed by atoms with van der Waals surface area (Å²) in [5, 5.41) is 8.65. The summed E-state index contributed by atoms with van der Waals surface area (Å²) < 4.78 is 1.81. The molecule has 0 atom stereocenters. The predicted molar refractivity (Wildman–Crippen MR) is 110 cm³/mol. The highest BCUT2D eigenvalue weighted by Crippen LogP contribution is 2.27. The van der Waals surface area contributed by atoms with Crippen molar-refractivity contribution in [2.75, 3.05) is 5.32 Å². The smallest absolute Gasteiger partial charge is 0.197 e. The minimum Gasteiger partial charge on any atom is -0.337 e. The van der Waals surface area contributed by atoms with Crippen LogP contribution in [0.1, 0.15) is 22.5 Å². The van der Waals surface area contributed by atoms with Gasteiger partial charge in [-0.2, -0.15) is 5.10 Å². The second-order valence-electron chi connectivity index (χ2n) is 6.87. The summed E-state index contributed by atoms with van der Waals surface area (Å²) in [5.74, 6) is 1.30. The lowest BCUT2D eigenvalue weighted by molar-refractivity contribution is 0.808. The van der Waals surface area contributed by atoms with Crippen molar-refractivity contribution in [3.05, 3.63) is 70.0 Å². The number of rotatable bonds is 3. The van der Waals surface area contributed by atoms with Crippen molar-refractivity contribution in [2.45, 2.75) is 27.7 Å². The Balaban J connectivity index is 1.92. The van der Waals surface area contributed by atoms with Crippen LogP contribution in [0, 0.1) is 27.7 Å². The Morgan fingerprint density at radius 1 is 0.852 bits per heavy atom. The van der Waals surface area contributed by atoms with Gasteiger partial charge in [0.25, 0.3) is 0 Å². The number of benzene rings is 2. The Morgan fingerprint density at radius 3 is 2.26 bits per heavy atom. The fourth-order valence-corrected chi connectivity index (χ4v) is 3.44. The van der Waals surface area contributed by atoms with Crippen molar-refractivity contribution >= 4 is 34.1 Å². The van der Waals surface area contributed by atoms with E-state index in [1.807, 2.05) is 42.8 Å². The molecule has 0 aliphatic rings. The number of aromatic nitrogens is 4. The van der Waals surface area contributed by atoms with E-state index in [0.717, 1.165) is 28.1 Å². The van der Waals surface area contributed by atoms with Crippen LogP contribution in [0.4, 0.5) is 11.5 Å². The highest BCUT2D eigenvalue weighted by Gasteiger charge is 2.15. The average Bonchev–Trinajstić information content (AvgIpc) is 2.92. The third kappa shape index (κ3) is 3.51. The molecule has 2 aromatic heterocycles. The summed E-state index contributed by atoms with van der Waals surface area (Å²) in [6.07, 6.45) is 0. The Bertz CT molecular complexity index is 1140. The quantitative estimate of drug-likeness (QED) is 0.516. The first-order chi connectivity index (χ1) is 12.9. The van der Waals surface area contributed by atoms with Crippen molar-refractivity contribution in [3.63, 3.8) is 0 Å². The largest absolute Gasteiger partial charge is 0.337 e. The molecule has 0 saturated heterocycles. The summed E-state index contributed by atoms with van der Waals surface area (Å²) in [7, 11) is 0. The molecule has 0 spiro atoms. The number of fused-ring (bicyclic) bond motifs is 1. The maximum atomic E-state index is 6.15. The summed E-state index contributed by atoms with van der Waals surface area (Å²) in [4.78, 5) is 9.62. The molecular formula is C21H20ClN5. The molecule has 0 bridgehead atoms. The van der Waals surface area contributed by atoms with Gasteiger partial charge >= 0.3 is 0 Å². The van der Waals surface area contributed by atoms with E-state index in [1.165, 1.54) is 11.1 Å². The fraction of sp³-hybridized carbons (Fsp3) is 0.190. The van der Waals surface area contributed by atoms with Gasteiger partial charge in [0.05, 0.1) is 16.7 Å². The van der Waals surface area contributed by atoms with Gasteiger partial charge in [0.2, 0.25) is 0 Å². The second-order valence-corrected chi connectivity index (χ2v) is 7.31. The molecule has 0 fully saturated rings. The first-order valence-corrected chi connectivity index (χ1v) is 9.13. The lowest BCUT2D eigenvalue weighted by Crippen LogP contribution is -2.09. The van der Waals surface area contributed by atoms with Gasteiger partial charge in [0.15, 0.2) is 11.6 Å². The number of hydrogen-bond donors (Lipinski definition) is 1. The predicted octanol–water partition coefficient (Wildman–Crippen LogP) is 5.45. The monoisotopic (exact) mass is 377 g/mol. The molecule has 0 amide bonds. The minimum absolute atomic E-state index is 0.631. The molecule has 27 heavy (non-hydrogen) atoms. The maximum Gasteiger partial charge on any atom is 0.197 e. The van der Waals surface area contributed by atoms with Gasteiger partial charge in [0.1, 0.15) is 0 Å². The van der Waals surface area contributed by atoms with Crippen LogP contribution in [0.25, 0.3) is 16.9 Å². The van der Waals surface area contributed by atoms with Crippen molar-refractivity contribution in [3.8, 4) is 5.82 Å². The highest BCUT2D eigenvalue weighted by molar-refractivity contribution is 6.31. The van der Waals surface area contributed by atoms with Crippen molar-refractivity contribution < 1.29 is 0 Å². The van der Waals surface area contributed by atoms with Gasteiger partial charge in [0, 0.05) is 16.4 Å². The Morgan fingerprint density at radius 2 is 1.59 bits per heavy atom. The van der Waals surface area contributed by atoms with E-state index in [0.29, 0.717) is 16.7 Å². The molecular weight excluding hydrogens is 358 g/mol. The Hall–Kier alpha value is -2.92. The van der Waals surface area contributed by atoms with E-state index >= 15 is 0 Å². The number of aryl methyl sites for hydroxylation is 4. The van der Waals surface area contributed by atoms with Gasteiger partial charge in [-0.3, -0.25) is 0 Å². The summed E-state index contributed by atoms with van der Waals surface area (Å²) in [5.41, 5.74) is 6.77. The van der Waals surface area contributed by atoms with Crippen LogP contribution in [-0.2, 0) is 0 Å². The number of nitrogens with zero attached hydrogens (tertiary/aromatic N) is 4. The molecule has 4 rings (SSSR count). The first kappa shape index (κ1) is 17.5. The first-order valence-electron chi connectivity index (χ1n) is 8.75. The van der Waals surface area contributed by atoms with Gasteiger partial charge in [-0.1, -0.05) is 17.7 Å². The third-order valence-electron chi connectivity index (χ3n) is 4.30. The van der Waals surface area contributed by atoms with Crippen LogP contribution in [-0.4, -0.2) is 19.7 Å². The standard InChI is InChI=1S/C21H20ClN5/c1-12-7-13(2)9-17(8-12)23-20-21(27-15(4)10-14(3)26-27)25-19-11-16(22)5-6-18(19)24-20/h5-11H,1-4H3,(H,23,24). The lowest BCUT2D eigenvalue weighted by Gasteiger charge is -2.14. The topological polar surface area (TPSA) is 55.6 Å². The summed E-state index contributed by atoms with van der Waals surface area (Å²) >= 11 is 6.15. The van der Waals surface area contributed by atoms with Crippen LogP contribution in [0.15, 0.2) is 42.5 Å². The molecule has 0 saturated carbocycles. The van der Waals surface area contributed by atoms with E-state index < -0.39 is 0 Å². The molecule has 4 aromatic rings. The molecule has 0 aliphatic carbocycles. The molecule has 0 aliphatic heterocycles. The maximum absolute atomic E-state index is 6.15. The number of halogens is 1. The van der Waals surface area contributed by atoms with Gasteiger partial charge in [-0.05, 0) is 75.2 Å². The van der Waals surface area contributed by atoms with Crippen LogP contribution in [0.5, 0.6) is 0 Å². The van der Waals surface area contributed by atoms with E-state index in [2.05, 4.69) is 42.5 Å². The lowest BCUT2D eigenvalue weighted by atomic mass is 10.1. The number of hydrogen-bond acceptors (Lipinski definition) is 4.